The number of rotatable bonds is 4. The first kappa shape index (κ1) is 14.9. The second kappa shape index (κ2) is 6.14. The molecular weight excluding hydrogens is 252 g/mol. The topological polar surface area (TPSA) is 108 Å². The molecule has 1 aromatic rings. The molecule has 1 unspecified atom stereocenters. The predicted molar refractivity (Wildman–Crippen MR) is 66.9 cm³/mol. The van der Waals surface area contributed by atoms with E-state index in [0.29, 0.717) is 11.3 Å². The Morgan fingerprint density at radius 3 is 2.63 bits per heavy atom. The summed E-state index contributed by atoms with van der Waals surface area (Å²) < 4.78 is 4.31. The van der Waals surface area contributed by atoms with E-state index in [1.54, 1.807) is 19.9 Å². The summed E-state index contributed by atoms with van der Waals surface area (Å²) in [6.45, 7) is 3.02. The second-order valence-corrected chi connectivity index (χ2v) is 4.09. The van der Waals surface area contributed by atoms with Gasteiger partial charge in [0.25, 0.3) is 11.5 Å². The van der Waals surface area contributed by atoms with Gasteiger partial charge in [0, 0.05) is 5.69 Å². The molecule has 1 rings (SSSR count). The van der Waals surface area contributed by atoms with Crippen LogP contribution in [0.15, 0.2) is 10.9 Å². The van der Waals surface area contributed by atoms with Gasteiger partial charge in [-0.1, -0.05) is 0 Å². The molecule has 0 bridgehead atoms. The zero-order chi connectivity index (χ0) is 14.6. The van der Waals surface area contributed by atoms with Gasteiger partial charge in [0.2, 0.25) is 0 Å². The molecule has 0 spiro atoms. The Balaban J connectivity index is 2.80. The van der Waals surface area contributed by atoms with Crippen molar-refractivity contribution in [1.29, 1.82) is 0 Å². The first-order valence-electron chi connectivity index (χ1n) is 5.61. The van der Waals surface area contributed by atoms with E-state index in [-0.39, 0.29) is 12.1 Å². The molecule has 1 atom stereocenters. The van der Waals surface area contributed by atoms with Gasteiger partial charge in [-0.25, -0.2) is 4.79 Å². The Labute approximate surface area is 109 Å². The zero-order valence-electron chi connectivity index (χ0n) is 10.9. The average Bonchev–Trinajstić information content (AvgIpc) is 2.33. The largest absolute Gasteiger partial charge is 0.467 e. The summed E-state index contributed by atoms with van der Waals surface area (Å²) in [4.78, 5) is 36.9. The molecule has 0 aromatic carbocycles. The van der Waals surface area contributed by atoms with Crippen molar-refractivity contribution >= 4 is 11.9 Å². The molecule has 7 heteroatoms. The molecule has 0 saturated heterocycles. The number of amides is 1. The highest BCUT2D eigenvalue weighted by Gasteiger charge is 2.19. The number of methoxy groups -OCH3 is 1. The van der Waals surface area contributed by atoms with Crippen molar-refractivity contribution in [2.45, 2.75) is 20.0 Å². The van der Waals surface area contributed by atoms with Crippen LogP contribution in [0.3, 0.4) is 0 Å². The number of hydrogen-bond acceptors (Lipinski definition) is 5. The third-order valence-electron chi connectivity index (χ3n) is 2.52. The Morgan fingerprint density at radius 2 is 2.11 bits per heavy atom. The SMILES string of the molecule is COC(=O)C(O)CNC(=O)c1c(C)cc(C)[nH]c1=O. The molecule has 1 amide bonds. The van der Waals surface area contributed by atoms with Crippen molar-refractivity contribution in [2.75, 3.05) is 13.7 Å². The lowest BCUT2D eigenvalue weighted by molar-refractivity contribution is -0.149. The number of nitrogens with one attached hydrogen (secondary N) is 2. The number of carbonyl (C=O) groups excluding carboxylic acids is 2. The van der Waals surface area contributed by atoms with Gasteiger partial charge in [-0.2, -0.15) is 0 Å². The van der Waals surface area contributed by atoms with Crippen molar-refractivity contribution in [3.8, 4) is 0 Å². The number of aliphatic hydroxyl groups excluding tert-OH is 1. The fourth-order valence-corrected chi connectivity index (χ4v) is 1.63. The lowest BCUT2D eigenvalue weighted by atomic mass is 10.1. The Morgan fingerprint density at radius 1 is 1.47 bits per heavy atom. The van der Waals surface area contributed by atoms with Crippen LogP contribution in [0, 0.1) is 13.8 Å². The molecule has 1 heterocycles. The number of esters is 1. The van der Waals surface area contributed by atoms with Crippen LogP contribution in [0.4, 0.5) is 0 Å². The Kier molecular flexibility index (Phi) is 4.82. The number of pyridine rings is 1. The predicted octanol–water partition coefficient (Wildman–Crippen LogP) is -0.745. The van der Waals surface area contributed by atoms with E-state index in [0.717, 1.165) is 7.11 Å². The fraction of sp³-hybridized carbons (Fsp3) is 0.417. The van der Waals surface area contributed by atoms with Crippen LogP contribution in [0.5, 0.6) is 0 Å². The van der Waals surface area contributed by atoms with Crippen molar-refractivity contribution in [1.82, 2.24) is 10.3 Å². The molecule has 0 radical (unpaired) electrons. The molecule has 3 N–H and O–H groups in total. The van der Waals surface area contributed by atoms with Crippen LogP contribution in [-0.4, -0.2) is 41.7 Å². The second-order valence-electron chi connectivity index (χ2n) is 4.09. The minimum Gasteiger partial charge on any atom is -0.467 e. The fourth-order valence-electron chi connectivity index (χ4n) is 1.63. The van der Waals surface area contributed by atoms with Crippen LogP contribution in [0.1, 0.15) is 21.6 Å². The molecule has 104 valence electrons. The Hall–Kier alpha value is -2.15. The van der Waals surface area contributed by atoms with Gasteiger partial charge in [-0.3, -0.25) is 9.59 Å². The standard InChI is InChI=1S/C12H16N2O5/c1-6-4-7(2)14-11(17)9(6)10(16)13-5-8(15)12(18)19-3/h4,8,15H,5H2,1-3H3,(H,13,16)(H,14,17). The maximum absolute atomic E-state index is 11.8. The summed E-state index contributed by atoms with van der Waals surface area (Å²) in [6, 6.07) is 1.66. The molecule has 1 aromatic heterocycles. The summed E-state index contributed by atoms with van der Waals surface area (Å²) in [7, 11) is 1.13. The smallest absolute Gasteiger partial charge is 0.336 e. The quantitative estimate of drug-likeness (QED) is 0.623. The van der Waals surface area contributed by atoms with E-state index < -0.39 is 23.5 Å². The van der Waals surface area contributed by atoms with Gasteiger partial charge < -0.3 is 20.1 Å². The van der Waals surface area contributed by atoms with E-state index >= 15 is 0 Å². The van der Waals surface area contributed by atoms with E-state index in [1.807, 2.05) is 0 Å². The highest BCUT2D eigenvalue weighted by atomic mass is 16.5. The first-order valence-corrected chi connectivity index (χ1v) is 5.61. The van der Waals surface area contributed by atoms with Crippen molar-refractivity contribution in [3.05, 3.63) is 33.2 Å². The zero-order valence-corrected chi connectivity index (χ0v) is 10.9. The number of aromatic nitrogens is 1. The lowest BCUT2D eigenvalue weighted by Crippen LogP contribution is -2.39. The molecular formula is C12H16N2O5. The van der Waals surface area contributed by atoms with Gasteiger partial charge in [-0.05, 0) is 25.5 Å². The maximum Gasteiger partial charge on any atom is 0.336 e. The number of hydrogen-bond donors (Lipinski definition) is 3. The number of aromatic amines is 1. The Bertz CT molecular complexity index is 550. The van der Waals surface area contributed by atoms with Crippen LogP contribution in [0.25, 0.3) is 0 Å². The summed E-state index contributed by atoms with van der Waals surface area (Å²) in [6.07, 6.45) is -1.46. The molecule has 19 heavy (non-hydrogen) atoms. The minimum atomic E-state index is -1.46. The third-order valence-corrected chi connectivity index (χ3v) is 2.52. The van der Waals surface area contributed by atoms with E-state index in [2.05, 4.69) is 15.0 Å². The molecule has 0 aliphatic carbocycles. The van der Waals surface area contributed by atoms with Crippen LogP contribution < -0.4 is 10.9 Å². The van der Waals surface area contributed by atoms with E-state index in [1.165, 1.54) is 0 Å². The van der Waals surface area contributed by atoms with Crippen LogP contribution >= 0.6 is 0 Å². The van der Waals surface area contributed by atoms with E-state index in [9.17, 15) is 19.5 Å². The molecule has 0 fully saturated rings. The maximum atomic E-state index is 11.8. The summed E-state index contributed by atoms with van der Waals surface area (Å²) in [5, 5.41) is 11.6. The van der Waals surface area contributed by atoms with Crippen molar-refractivity contribution < 1.29 is 19.4 Å². The summed E-state index contributed by atoms with van der Waals surface area (Å²) in [5.74, 6) is -1.50. The van der Waals surface area contributed by atoms with Crippen molar-refractivity contribution in [2.24, 2.45) is 0 Å². The highest BCUT2D eigenvalue weighted by molar-refractivity contribution is 5.95. The van der Waals surface area contributed by atoms with Crippen LogP contribution in [-0.2, 0) is 9.53 Å². The number of carbonyl (C=O) groups is 2. The third kappa shape index (κ3) is 3.65. The number of H-pyrrole nitrogens is 1. The summed E-state index contributed by atoms with van der Waals surface area (Å²) >= 11 is 0. The van der Waals surface area contributed by atoms with Crippen molar-refractivity contribution in [3.63, 3.8) is 0 Å². The van der Waals surface area contributed by atoms with Gasteiger partial charge >= 0.3 is 5.97 Å². The van der Waals surface area contributed by atoms with Gasteiger partial charge in [0.1, 0.15) is 5.56 Å². The molecule has 7 nitrogen and oxygen atoms in total. The monoisotopic (exact) mass is 268 g/mol. The van der Waals surface area contributed by atoms with Gasteiger partial charge in [-0.15, -0.1) is 0 Å². The highest BCUT2D eigenvalue weighted by Crippen LogP contribution is 2.03. The average molecular weight is 268 g/mol. The molecule has 0 aliphatic rings. The first-order chi connectivity index (χ1) is 8.86. The van der Waals surface area contributed by atoms with E-state index in [4.69, 9.17) is 0 Å². The number of aliphatic hydroxyl groups is 1. The van der Waals surface area contributed by atoms with Gasteiger partial charge in [0.05, 0.1) is 13.7 Å². The molecule has 0 aliphatic heterocycles. The number of aryl methyl sites for hydroxylation is 2. The normalized spacial score (nSPS) is 11.8. The molecule has 0 saturated carbocycles. The van der Waals surface area contributed by atoms with Gasteiger partial charge in [0.15, 0.2) is 6.10 Å². The lowest BCUT2D eigenvalue weighted by Gasteiger charge is -2.10. The summed E-state index contributed by atoms with van der Waals surface area (Å²) in [5.41, 5.74) is 0.616. The van der Waals surface area contributed by atoms with Crippen LogP contribution in [0.2, 0.25) is 0 Å². The minimum absolute atomic E-state index is 0.0392. The number of ether oxygens (including phenoxy) is 1.